The van der Waals surface area contributed by atoms with Crippen LogP contribution in [0.3, 0.4) is 0 Å². The summed E-state index contributed by atoms with van der Waals surface area (Å²) < 4.78 is 0. The molecule has 0 saturated heterocycles. The van der Waals surface area contributed by atoms with E-state index in [4.69, 9.17) is 0 Å². The lowest BCUT2D eigenvalue weighted by Gasteiger charge is -2.19. The summed E-state index contributed by atoms with van der Waals surface area (Å²) in [5.74, 6) is -0.319. The van der Waals surface area contributed by atoms with E-state index in [0.29, 0.717) is 17.7 Å². The van der Waals surface area contributed by atoms with E-state index in [1.807, 2.05) is 36.4 Å². The van der Waals surface area contributed by atoms with Crippen LogP contribution in [0, 0.1) is 0 Å². The van der Waals surface area contributed by atoms with Crippen molar-refractivity contribution in [2.75, 3.05) is 0 Å². The summed E-state index contributed by atoms with van der Waals surface area (Å²) in [7, 11) is 0. The summed E-state index contributed by atoms with van der Waals surface area (Å²) in [6, 6.07) is 16.2. The second kappa shape index (κ2) is 5.79. The maximum Gasteiger partial charge on any atom is 0.171 e. The lowest BCUT2D eigenvalue weighted by atomic mass is 9.86. The van der Waals surface area contributed by atoms with Gasteiger partial charge in [-0.1, -0.05) is 54.6 Å². The first-order chi connectivity index (χ1) is 10.3. The van der Waals surface area contributed by atoms with Gasteiger partial charge in [-0.15, -0.1) is 0 Å². The number of carbonyl (C=O) groups excluding carboxylic acids is 2. The van der Waals surface area contributed by atoms with Gasteiger partial charge in [0, 0.05) is 5.56 Å². The van der Waals surface area contributed by atoms with Crippen LogP contribution in [0.15, 0.2) is 64.8 Å². The summed E-state index contributed by atoms with van der Waals surface area (Å²) >= 11 is 0. The Morgan fingerprint density at radius 3 is 2.48 bits per heavy atom. The SMILES string of the molecule is O=C1CC(=O)C(N=NCc2ccccc2)c2ccccc21. The normalized spacial score (nSPS) is 18.0. The predicted octanol–water partition coefficient (Wildman–Crippen LogP) is 3.54. The molecule has 4 heteroatoms. The molecular weight excluding hydrogens is 264 g/mol. The highest BCUT2D eigenvalue weighted by molar-refractivity contribution is 6.14. The maximum atomic E-state index is 12.0. The van der Waals surface area contributed by atoms with Crippen molar-refractivity contribution in [3.63, 3.8) is 0 Å². The molecule has 2 aromatic rings. The lowest BCUT2D eigenvalue weighted by Crippen LogP contribution is -2.23. The molecule has 0 radical (unpaired) electrons. The topological polar surface area (TPSA) is 58.9 Å². The zero-order valence-corrected chi connectivity index (χ0v) is 11.4. The van der Waals surface area contributed by atoms with Crippen molar-refractivity contribution >= 4 is 11.6 Å². The van der Waals surface area contributed by atoms with Crippen LogP contribution < -0.4 is 0 Å². The monoisotopic (exact) mass is 278 g/mol. The predicted molar refractivity (Wildman–Crippen MR) is 78.1 cm³/mol. The van der Waals surface area contributed by atoms with Gasteiger partial charge in [0.15, 0.2) is 17.6 Å². The Morgan fingerprint density at radius 2 is 1.67 bits per heavy atom. The van der Waals surface area contributed by atoms with Crippen LogP contribution in [0.5, 0.6) is 0 Å². The quantitative estimate of drug-likeness (QED) is 0.637. The number of ketones is 2. The fraction of sp³-hybridized carbons (Fsp3) is 0.176. The molecule has 0 amide bonds. The van der Waals surface area contributed by atoms with Gasteiger partial charge in [0.25, 0.3) is 0 Å². The first-order valence-corrected chi connectivity index (χ1v) is 6.81. The molecule has 2 aromatic carbocycles. The molecule has 0 bridgehead atoms. The summed E-state index contributed by atoms with van der Waals surface area (Å²) in [5.41, 5.74) is 2.28. The van der Waals surface area contributed by atoms with E-state index < -0.39 is 6.04 Å². The number of hydrogen-bond acceptors (Lipinski definition) is 4. The molecule has 21 heavy (non-hydrogen) atoms. The highest BCUT2D eigenvalue weighted by Gasteiger charge is 2.32. The number of nitrogens with zero attached hydrogens (tertiary/aromatic N) is 2. The minimum atomic E-state index is -0.650. The van der Waals surface area contributed by atoms with Crippen molar-refractivity contribution in [2.45, 2.75) is 19.0 Å². The zero-order chi connectivity index (χ0) is 14.7. The number of Topliss-reactive ketones (excluding diaryl/α,β-unsaturated/α-hetero) is 2. The lowest BCUT2D eigenvalue weighted by molar-refractivity contribution is -0.119. The number of rotatable bonds is 3. The fourth-order valence-electron chi connectivity index (χ4n) is 2.43. The van der Waals surface area contributed by atoms with E-state index in [9.17, 15) is 9.59 Å². The van der Waals surface area contributed by atoms with Gasteiger partial charge >= 0.3 is 0 Å². The molecule has 1 aliphatic carbocycles. The molecule has 0 spiro atoms. The molecule has 1 atom stereocenters. The second-order valence-electron chi connectivity index (χ2n) is 4.96. The van der Waals surface area contributed by atoms with Crippen LogP contribution in [0.25, 0.3) is 0 Å². The third kappa shape index (κ3) is 2.79. The minimum absolute atomic E-state index is 0.0912. The number of carbonyl (C=O) groups is 2. The average molecular weight is 278 g/mol. The van der Waals surface area contributed by atoms with Crippen LogP contribution in [0.1, 0.15) is 33.9 Å². The summed E-state index contributed by atoms with van der Waals surface area (Å²) in [4.78, 5) is 23.9. The van der Waals surface area contributed by atoms with Crippen LogP contribution in [0.4, 0.5) is 0 Å². The van der Waals surface area contributed by atoms with Gasteiger partial charge in [-0.05, 0) is 11.1 Å². The van der Waals surface area contributed by atoms with E-state index in [1.54, 1.807) is 18.2 Å². The van der Waals surface area contributed by atoms with Crippen LogP contribution >= 0.6 is 0 Å². The Hall–Kier alpha value is -2.62. The summed E-state index contributed by atoms with van der Waals surface area (Å²) in [5, 5.41) is 8.29. The van der Waals surface area contributed by atoms with Crippen molar-refractivity contribution in [3.8, 4) is 0 Å². The first-order valence-electron chi connectivity index (χ1n) is 6.81. The van der Waals surface area contributed by atoms with E-state index in [1.165, 1.54) is 0 Å². The van der Waals surface area contributed by atoms with Gasteiger partial charge in [0.05, 0.1) is 13.0 Å². The summed E-state index contributed by atoms with van der Waals surface area (Å²) in [6.45, 7) is 0.431. The number of fused-ring (bicyclic) bond motifs is 1. The average Bonchev–Trinajstić information content (AvgIpc) is 2.51. The molecule has 0 N–H and O–H groups in total. The maximum absolute atomic E-state index is 12.0. The van der Waals surface area contributed by atoms with E-state index in [0.717, 1.165) is 5.56 Å². The zero-order valence-electron chi connectivity index (χ0n) is 11.4. The van der Waals surface area contributed by atoms with Crippen LogP contribution in [-0.2, 0) is 11.3 Å². The van der Waals surface area contributed by atoms with Gasteiger partial charge in [-0.3, -0.25) is 9.59 Å². The van der Waals surface area contributed by atoms with Gasteiger partial charge in [0.2, 0.25) is 0 Å². The van der Waals surface area contributed by atoms with Crippen molar-refractivity contribution in [3.05, 3.63) is 71.3 Å². The standard InChI is InChI=1S/C17H14N2O2/c20-15-10-16(21)17(14-9-5-4-8-13(14)15)19-18-11-12-6-2-1-3-7-12/h1-9,17H,10-11H2. The molecule has 4 nitrogen and oxygen atoms in total. The smallest absolute Gasteiger partial charge is 0.171 e. The summed E-state index contributed by atoms with van der Waals surface area (Å²) in [6.07, 6.45) is -0.0912. The Labute approximate surface area is 122 Å². The molecule has 0 heterocycles. The molecule has 0 saturated carbocycles. The fourth-order valence-corrected chi connectivity index (χ4v) is 2.43. The molecular formula is C17H14N2O2. The van der Waals surface area contributed by atoms with Crippen molar-refractivity contribution in [1.82, 2.24) is 0 Å². The number of azo groups is 1. The van der Waals surface area contributed by atoms with Gasteiger partial charge < -0.3 is 0 Å². The molecule has 0 fully saturated rings. The van der Waals surface area contributed by atoms with Crippen molar-refractivity contribution in [1.29, 1.82) is 0 Å². The molecule has 1 unspecified atom stereocenters. The Kier molecular flexibility index (Phi) is 3.69. The van der Waals surface area contributed by atoms with Crippen molar-refractivity contribution in [2.24, 2.45) is 10.2 Å². The highest BCUT2D eigenvalue weighted by atomic mass is 16.2. The number of benzene rings is 2. The Bertz CT molecular complexity index is 708. The second-order valence-corrected chi connectivity index (χ2v) is 4.96. The largest absolute Gasteiger partial charge is 0.296 e. The third-order valence-electron chi connectivity index (χ3n) is 3.49. The Morgan fingerprint density at radius 1 is 0.952 bits per heavy atom. The highest BCUT2D eigenvalue weighted by Crippen LogP contribution is 2.30. The van der Waals surface area contributed by atoms with E-state index in [-0.39, 0.29) is 18.0 Å². The molecule has 104 valence electrons. The van der Waals surface area contributed by atoms with Gasteiger partial charge in [-0.2, -0.15) is 10.2 Å². The third-order valence-corrected chi connectivity index (χ3v) is 3.49. The minimum Gasteiger partial charge on any atom is -0.296 e. The molecule has 1 aliphatic rings. The van der Waals surface area contributed by atoms with E-state index in [2.05, 4.69) is 10.2 Å². The molecule has 0 aliphatic heterocycles. The van der Waals surface area contributed by atoms with Crippen LogP contribution in [-0.4, -0.2) is 11.6 Å². The number of hydrogen-bond donors (Lipinski definition) is 0. The van der Waals surface area contributed by atoms with Crippen molar-refractivity contribution < 1.29 is 9.59 Å². The molecule has 3 rings (SSSR count). The first kappa shape index (κ1) is 13.4. The van der Waals surface area contributed by atoms with Gasteiger partial charge in [-0.25, -0.2) is 0 Å². The van der Waals surface area contributed by atoms with Gasteiger partial charge in [0.1, 0.15) is 0 Å². The molecule has 0 aromatic heterocycles. The van der Waals surface area contributed by atoms with Crippen LogP contribution in [0.2, 0.25) is 0 Å². The Balaban J connectivity index is 1.83. The van der Waals surface area contributed by atoms with E-state index >= 15 is 0 Å².